The van der Waals surface area contributed by atoms with Gasteiger partial charge < -0.3 is 0 Å². The van der Waals surface area contributed by atoms with Crippen molar-refractivity contribution in [2.45, 2.75) is 58.5 Å². The Hall–Kier alpha value is -4.60. The van der Waals surface area contributed by atoms with Crippen LogP contribution in [0.3, 0.4) is 0 Å². The lowest BCUT2D eigenvalue weighted by Gasteiger charge is -2.21. The SMILES string of the molecule is CC1(C)c2ccncc2-c2c1ccnc2-c1cccc(-c2nc(-c3ccc([Si](C)(C)C)cc3)nc(-c3ccc([Si](C)(C)C)cc3)n2)c1. The average molecular weight is 648 g/mol. The lowest BCUT2D eigenvalue weighted by molar-refractivity contribution is 0.659. The molecule has 0 spiro atoms. The second-order valence-corrected chi connectivity index (χ2v) is 25.3. The molecule has 0 bridgehead atoms. The first kappa shape index (κ1) is 31.0. The molecule has 47 heavy (non-hydrogen) atoms. The number of benzene rings is 3. The van der Waals surface area contributed by atoms with E-state index in [1.54, 1.807) is 0 Å². The van der Waals surface area contributed by atoms with E-state index in [9.17, 15) is 0 Å². The zero-order valence-corrected chi connectivity index (χ0v) is 30.6. The molecule has 3 aromatic carbocycles. The van der Waals surface area contributed by atoms with E-state index in [0.29, 0.717) is 17.5 Å². The van der Waals surface area contributed by atoms with Crippen LogP contribution in [0.25, 0.3) is 56.5 Å². The molecule has 3 aromatic heterocycles. The van der Waals surface area contributed by atoms with Gasteiger partial charge in [0.1, 0.15) is 0 Å². The maximum absolute atomic E-state index is 5.08. The summed E-state index contributed by atoms with van der Waals surface area (Å²) in [6.45, 7) is 18.8. The molecule has 0 N–H and O–H groups in total. The third-order valence-electron chi connectivity index (χ3n) is 9.44. The molecule has 1 aliphatic rings. The van der Waals surface area contributed by atoms with E-state index in [1.807, 2.05) is 18.6 Å². The molecule has 234 valence electrons. The van der Waals surface area contributed by atoms with Gasteiger partial charge in [-0.3, -0.25) is 9.97 Å². The third-order valence-corrected chi connectivity index (χ3v) is 13.6. The molecule has 3 heterocycles. The Morgan fingerprint density at radius 3 is 1.60 bits per heavy atom. The van der Waals surface area contributed by atoms with Crippen molar-refractivity contribution in [3.8, 4) is 56.5 Å². The van der Waals surface area contributed by atoms with Gasteiger partial charge >= 0.3 is 0 Å². The Bertz CT molecular complexity index is 2050. The normalized spacial score (nSPS) is 13.7. The van der Waals surface area contributed by atoms with Crippen molar-refractivity contribution >= 4 is 26.5 Å². The van der Waals surface area contributed by atoms with Gasteiger partial charge in [-0.05, 0) is 29.3 Å². The van der Waals surface area contributed by atoms with Crippen molar-refractivity contribution in [3.63, 3.8) is 0 Å². The van der Waals surface area contributed by atoms with Gasteiger partial charge in [0.15, 0.2) is 17.5 Å². The summed E-state index contributed by atoms with van der Waals surface area (Å²) in [5.41, 5.74) is 9.58. The predicted molar refractivity (Wildman–Crippen MR) is 201 cm³/mol. The summed E-state index contributed by atoms with van der Waals surface area (Å²) < 4.78 is 0. The molecule has 0 unspecified atom stereocenters. The Labute approximate surface area is 280 Å². The number of hydrogen-bond acceptors (Lipinski definition) is 5. The lowest BCUT2D eigenvalue weighted by Crippen LogP contribution is -2.37. The molecule has 0 amide bonds. The van der Waals surface area contributed by atoms with E-state index in [-0.39, 0.29) is 5.41 Å². The van der Waals surface area contributed by atoms with Gasteiger partial charge in [0.2, 0.25) is 0 Å². The summed E-state index contributed by atoms with van der Waals surface area (Å²) in [6.07, 6.45) is 5.78. The summed E-state index contributed by atoms with van der Waals surface area (Å²) in [6, 6.07) is 30.3. The van der Waals surface area contributed by atoms with Gasteiger partial charge in [0.05, 0.1) is 21.8 Å². The van der Waals surface area contributed by atoms with E-state index in [4.69, 9.17) is 19.9 Å². The van der Waals surface area contributed by atoms with Gasteiger partial charge in [0.25, 0.3) is 0 Å². The highest BCUT2D eigenvalue weighted by Crippen LogP contribution is 2.51. The fourth-order valence-electron chi connectivity index (χ4n) is 6.57. The van der Waals surface area contributed by atoms with Gasteiger partial charge in [0, 0.05) is 57.4 Å². The van der Waals surface area contributed by atoms with Crippen molar-refractivity contribution in [2.24, 2.45) is 0 Å². The summed E-state index contributed by atoms with van der Waals surface area (Å²) in [7, 11) is -2.88. The summed E-state index contributed by atoms with van der Waals surface area (Å²) in [5, 5.41) is 2.82. The van der Waals surface area contributed by atoms with Crippen LogP contribution in [0.5, 0.6) is 0 Å². The van der Waals surface area contributed by atoms with E-state index in [1.165, 1.54) is 21.5 Å². The molecular formula is C40H41N5Si2. The van der Waals surface area contributed by atoms with Gasteiger partial charge in [-0.25, -0.2) is 15.0 Å². The molecule has 0 radical (unpaired) electrons. The van der Waals surface area contributed by atoms with Crippen molar-refractivity contribution in [1.29, 1.82) is 0 Å². The van der Waals surface area contributed by atoms with Gasteiger partial charge in [-0.15, -0.1) is 0 Å². The quantitative estimate of drug-likeness (QED) is 0.169. The number of hydrogen-bond donors (Lipinski definition) is 0. The Balaban J connectivity index is 1.37. The minimum absolute atomic E-state index is 0.128. The second-order valence-electron chi connectivity index (χ2n) is 15.2. The van der Waals surface area contributed by atoms with Crippen LogP contribution in [0.15, 0.2) is 104 Å². The van der Waals surface area contributed by atoms with E-state index >= 15 is 0 Å². The Morgan fingerprint density at radius 2 is 1.04 bits per heavy atom. The van der Waals surface area contributed by atoms with Crippen LogP contribution in [-0.4, -0.2) is 41.1 Å². The monoisotopic (exact) mass is 647 g/mol. The maximum Gasteiger partial charge on any atom is 0.164 e. The molecule has 0 aliphatic heterocycles. The first-order valence-electron chi connectivity index (χ1n) is 16.3. The number of fused-ring (bicyclic) bond motifs is 3. The van der Waals surface area contributed by atoms with Crippen molar-refractivity contribution in [1.82, 2.24) is 24.9 Å². The number of nitrogens with zero attached hydrogens (tertiary/aromatic N) is 5. The summed E-state index contributed by atoms with van der Waals surface area (Å²) in [4.78, 5) is 24.6. The first-order chi connectivity index (χ1) is 22.3. The minimum Gasteiger partial charge on any atom is -0.264 e. The van der Waals surface area contributed by atoms with Gasteiger partial charge in [-0.1, -0.05) is 130 Å². The summed E-state index contributed by atoms with van der Waals surface area (Å²) in [5.74, 6) is 1.99. The van der Waals surface area contributed by atoms with E-state index in [2.05, 4.69) is 143 Å². The Morgan fingerprint density at radius 1 is 0.532 bits per heavy atom. The maximum atomic E-state index is 5.08. The van der Waals surface area contributed by atoms with Crippen LogP contribution >= 0.6 is 0 Å². The second kappa shape index (κ2) is 11.3. The van der Waals surface area contributed by atoms with E-state index < -0.39 is 16.1 Å². The smallest absolute Gasteiger partial charge is 0.164 e. The molecular weight excluding hydrogens is 607 g/mol. The molecule has 0 fully saturated rings. The molecule has 5 nitrogen and oxygen atoms in total. The average Bonchev–Trinajstić information content (AvgIpc) is 3.30. The first-order valence-corrected chi connectivity index (χ1v) is 23.3. The van der Waals surface area contributed by atoms with Crippen LogP contribution in [0, 0.1) is 0 Å². The third kappa shape index (κ3) is 5.68. The zero-order chi connectivity index (χ0) is 33.1. The van der Waals surface area contributed by atoms with Crippen molar-refractivity contribution in [2.75, 3.05) is 0 Å². The van der Waals surface area contributed by atoms with Gasteiger partial charge in [-0.2, -0.15) is 0 Å². The largest absolute Gasteiger partial charge is 0.264 e. The fraction of sp³-hybridized carbons (Fsp3) is 0.225. The van der Waals surface area contributed by atoms with E-state index in [0.717, 1.165) is 39.1 Å². The molecule has 0 atom stereocenters. The zero-order valence-electron chi connectivity index (χ0n) is 28.6. The predicted octanol–water partition coefficient (Wildman–Crippen LogP) is 8.73. The number of pyridine rings is 2. The summed E-state index contributed by atoms with van der Waals surface area (Å²) >= 11 is 0. The molecule has 7 rings (SSSR count). The topological polar surface area (TPSA) is 64.5 Å². The highest BCUT2D eigenvalue weighted by Gasteiger charge is 2.37. The molecule has 0 saturated heterocycles. The molecule has 6 aromatic rings. The molecule has 7 heteroatoms. The van der Waals surface area contributed by atoms with Crippen molar-refractivity contribution < 1.29 is 0 Å². The lowest BCUT2D eigenvalue weighted by atomic mass is 9.83. The molecule has 0 saturated carbocycles. The highest BCUT2D eigenvalue weighted by atomic mass is 28.3. The van der Waals surface area contributed by atoms with Crippen LogP contribution in [0.2, 0.25) is 39.3 Å². The van der Waals surface area contributed by atoms with Crippen LogP contribution in [0.1, 0.15) is 25.0 Å². The molecule has 1 aliphatic carbocycles. The standard InChI is InChI=1S/C40H41N5Si2/c1-40(2)33-20-22-41-25-32(33)35-34(40)21-23-42-36(35)28-10-9-11-29(24-28)39-44-37(26-12-16-30(17-13-26)46(3,4)5)43-38(45-39)27-14-18-31(19-15-27)47(6,7)8/h9-25H,1-8H3. The van der Waals surface area contributed by atoms with Crippen LogP contribution < -0.4 is 10.4 Å². The number of aromatic nitrogens is 5. The highest BCUT2D eigenvalue weighted by molar-refractivity contribution is 6.89. The minimum atomic E-state index is -1.44. The fourth-order valence-corrected chi connectivity index (χ4v) is 8.90. The Kier molecular flexibility index (Phi) is 7.45. The van der Waals surface area contributed by atoms with Crippen molar-refractivity contribution in [3.05, 3.63) is 115 Å². The van der Waals surface area contributed by atoms with Crippen LogP contribution in [-0.2, 0) is 5.41 Å². The number of rotatable bonds is 6. The van der Waals surface area contributed by atoms with Crippen LogP contribution in [0.4, 0.5) is 0 Å².